The summed E-state index contributed by atoms with van der Waals surface area (Å²) in [6, 6.07) is 11.0. The molecule has 8 heteroatoms. The third-order valence-electron chi connectivity index (χ3n) is 5.50. The Bertz CT molecular complexity index is 1050. The van der Waals surface area contributed by atoms with Crippen LogP contribution in [0.3, 0.4) is 0 Å². The second-order valence-electron chi connectivity index (χ2n) is 9.61. The molecule has 1 atom stereocenters. The van der Waals surface area contributed by atoms with Gasteiger partial charge in [-0.15, -0.1) is 0 Å². The van der Waals surface area contributed by atoms with Crippen LogP contribution in [0, 0.1) is 13.8 Å². The second kappa shape index (κ2) is 10.2. The van der Waals surface area contributed by atoms with E-state index in [1.807, 2.05) is 32.0 Å². The van der Waals surface area contributed by atoms with Gasteiger partial charge < -0.3 is 25.4 Å². The summed E-state index contributed by atoms with van der Waals surface area (Å²) in [4.78, 5) is 40.5. The van der Waals surface area contributed by atoms with Crippen molar-refractivity contribution in [2.45, 2.75) is 65.1 Å². The van der Waals surface area contributed by atoms with E-state index in [1.54, 1.807) is 39.0 Å². The SMILES string of the molecule is Cc1cccc(C)c1NC(=O)C(c1ccccc1O)N(C(=O)CNC(=O)OC(C)(C)C)C1CC1. The summed E-state index contributed by atoms with van der Waals surface area (Å²) >= 11 is 0. The highest BCUT2D eigenvalue weighted by Gasteiger charge is 2.42. The Morgan fingerprint density at radius 2 is 1.68 bits per heavy atom. The van der Waals surface area contributed by atoms with Crippen LogP contribution in [0.15, 0.2) is 42.5 Å². The van der Waals surface area contributed by atoms with Crippen LogP contribution in [-0.4, -0.2) is 46.1 Å². The number of hydrogen-bond donors (Lipinski definition) is 3. The third kappa shape index (κ3) is 6.27. The molecule has 8 nitrogen and oxygen atoms in total. The van der Waals surface area contributed by atoms with Gasteiger partial charge in [-0.25, -0.2) is 4.79 Å². The van der Waals surface area contributed by atoms with Gasteiger partial charge in [0.1, 0.15) is 23.9 Å². The fraction of sp³-hybridized carbons (Fsp3) is 0.423. The number of anilines is 1. The van der Waals surface area contributed by atoms with E-state index in [4.69, 9.17) is 4.74 Å². The summed E-state index contributed by atoms with van der Waals surface area (Å²) in [6.45, 7) is 8.66. The Kier molecular flexibility index (Phi) is 7.49. The molecule has 3 amide bonds. The Morgan fingerprint density at radius 3 is 2.24 bits per heavy atom. The summed E-state index contributed by atoms with van der Waals surface area (Å²) in [7, 11) is 0. The van der Waals surface area contributed by atoms with Gasteiger partial charge in [0.2, 0.25) is 5.91 Å². The largest absolute Gasteiger partial charge is 0.508 e. The van der Waals surface area contributed by atoms with Crippen molar-refractivity contribution in [3.05, 3.63) is 59.2 Å². The molecule has 1 fully saturated rings. The number of carbonyl (C=O) groups excluding carboxylic acids is 3. The number of alkyl carbamates (subject to hydrolysis) is 1. The lowest BCUT2D eigenvalue weighted by Gasteiger charge is -2.32. The smallest absolute Gasteiger partial charge is 0.408 e. The maximum Gasteiger partial charge on any atom is 0.408 e. The van der Waals surface area contributed by atoms with Crippen LogP contribution >= 0.6 is 0 Å². The second-order valence-corrected chi connectivity index (χ2v) is 9.61. The van der Waals surface area contributed by atoms with Crippen molar-refractivity contribution in [1.82, 2.24) is 10.2 Å². The number of nitrogens with zero attached hydrogens (tertiary/aromatic N) is 1. The van der Waals surface area contributed by atoms with Crippen LogP contribution in [0.4, 0.5) is 10.5 Å². The molecule has 1 unspecified atom stereocenters. The number of phenols is 1. The standard InChI is InChI=1S/C26H33N3O5/c1-16-9-8-10-17(2)22(16)28-24(32)23(19-11-6-7-12-20(19)30)29(18-13-14-18)21(31)15-27-25(33)34-26(3,4)5/h6-12,18,23,30H,13-15H2,1-5H3,(H,27,33)(H,28,32). The zero-order chi connectivity index (χ0) is 25.0. The monoisotopic (exact) mass is 467 g/mol. The highest BCUT2D eigenvalue weighted by atomic mass is 16.6. The third-order valence-corrected chi connectivity index (χ3v) is 5.50. The Morgan fingerprint density at radius 1 is 1.06 bits per heavy atom. The Labute approximate surface area is 200 Å². The molecule has 0 radical (unpaired) electrons. The van der Waals surface area contributed by atoms with Crippen LogP contribution in [0.1, 0.15) is 56.3 Å². The highest BCUT2D eigenvalue weighted by Crippen LogP contribution is 2.38. The number of aromatic hydroxyl groups is 1. The molecule has 1 aliphatic carbocycles. The molecule has 0 heterocycles. The highest BCUT2D eigenvalue weighted by molar-refractivity contribution is 6.00. The molecule has 0 aliphatic heterocycles. The van der Waals surface area contributed by atoms with Gasteiger partial charge in [-0.05, 0) is 64.7 Å². The average Bonchev–Trinajstić information content (AvgIpc) is 3.57. The fourth-order valence-electron chi connectivity index (χ4n) is 3.80. The van der Waals surface area contributed by atoms with Crippen LogP contribution in [0.5, 0.6) is 5.75 Å². The van der Waals surface area contributed by atoms with E-state index in [-0.39, 0.29) is 18.3 Å². The van der Waals surface area contributed by atoms with Gasteiger partial charge in [0, 0.05) is 17.3 Å². The van der Waals surface area contributed by atoms with Crippen molar-refractivity contribution >= 4 is 23.6 Å². The lowest BCUT2D eigenvalue weighted by atomic mass is 10.0. The molecule has 34 heavy (non-hydrogen) atoms. The molecule has 3 N–H and O–H groups in total. The van der Waals surface area contributed by atoms with Gasteiger partial charge in [0.25, 0.3) is 5.91 Å². The molecule has 0 aromatic heterocycles. The number of hydrogen-bond acceptors (Lipinski definition) is 5. The lowest BCUT2D eigenvalue weighted by Crippen LogP contribution is -2.47. The quantitative estimate of drug-likeness (QED) is 0.566. The zero-order valence-corrected chi connectivity index (χ0v) is 20.3. The van der Waals surface area contributed by atoms with E-state index in [9.17, 15) is 19.5 Å². The van der Waals surface area contributed by atoms with E-state index in [0.29, 0.717) is 11.3 Å². The van der Waals surface area contributed by atoms with Crippen molar-refractivity contribution < 1.29 is 24.2 Å². The molecule has 2 aromatic carbocycles. The number of benzene rings is 2. The van der Waals surface area contributed by atoms with Crippen molar-refractivity contribution in [3.63, 3.8) is 0 Å². The van der Waals surface area contributed by atoms with Crippen molar-refractivity contribution in [1.29, 1.82) is 0 Å². The fourth-order valence-corrected chi connectivity index (χ4v) is 3.80. The topological polar surface area (TPSA) is 108 Å². The molecule has 2 aromatic rings. The maximum atomic E-state index is 13.6. The number of amides is 3. The summed E-state index contributed by atoms with van der Waals surface area (Å²) in [5, 5.41) is 16.0. The number of nitrogens with one attached hydrogen (secondary N) is 2. The minimum Gasteiger partial charge on any atom is -0.508 e. The van der Waals surface area contributed by atoms with Gasteiger partial charge >= 0.3 is 6.09 Å². The molecule has 0 saturated heterocycles. The molecule has 0 bridgehead atoms. The van der Waals surface area contributed by atoms with Crippen LogP contribution in [0.2, 0.25) is 0 Å². The summed E-state index contributed by atoms with van der Waals surface area (Å²) in [6.07, 6.45) is 0.758. The number of ether oxygens (including phenoxy) is 1. The number of rotatable bonds is 7. The lowest BCUT2D eigenvalue weighted by molar-refractivity contribution is -0.139. The minimum absolute atomic E-state index is 0.0808. The van der Waals surface area contributed by atoms with Gasteiger partial charge in [0.05, 0.1) is 0 Å². The number of para-hydroxylation sites is 2. The predicted molar refractivity (Wildman–Crippen MR) is 129 cm³/mol. The van der Waals surface area contributed by atoms with E-state index in [1.165, 1.54) is 11.0 Å². The van der Waals surface area contributed by atoms with Gasteiger partial charge in [0.15, 0.2) is 0 Å². The van der Waals surface area contributed by atoms with Gasteiger partial charge in [-0.3, -0.25) is 9.59 Å². The first-order chi connectivity index (χ1) is 16.0. The van der Waals surface area contributed by atoms with E-state index < -0.39 is 29.6 Å². The first kappa shape index (κ1) is 25.1. The summed E-state index contributed by atoms with van der Waals surface area (Å²) < 4.78 is 5.22. The number of aryl methyl sites for hydroxylation is 2. The van der Waals surface area contributed by atoms with E-state index >= 15 is 0 Å². The summed E-state index contributed by atoms with van der Waals surface area (Å²) in [5.41, 5.74) is 2.07. The van der Waals surface area contributed by atoms with E-state index in [2.05, 4.69) is 10.6 Å². The molecular formula is C26H33N3O5. The molecule has 3 rings (SSSR count). The molecule has 182 valence electrons. The molecule has 0 spiro atoms. The first-order valence-corrected chi connectivity index (χ1v) is 11.4. The molecular weight excluding hydrogens is 434 g/mol. The first-order valence-electron chi connectivity index (χ1n) is 11.4. The number of carbonyl (C=O) groups is 3. The predicted octanol–water partition coefficient (Wildman–Crippen LogP) is 4.20. The van der Waals surface area contributed by atoms with E-state index in [0.717, 1.165) is 24.0 Å². The average molecular weight is 468 g/mol. The van der Waals surface area contributed by atoms with Crippen LogP contribution in [-0.2, 0) is 14.3 Å². The number of phenolic OH excluding ortho intramolecular Hbond substituents is 1. The minimum atomic E-state index is -1.07. The van der Waals surface area contributed by atoms with Crippen molar-refractivity contribution in [2.24, 2.45) is 0 Å². The Hall–Kier alpha value is -3.55. The van der Waals surface area contributed by atoms with Crippen molar-refractivity contribution in [2.75, 3.05) is 11.9 Å². The molecule has 1 aliphatic rings. The summed E-state index contributed by atoms with van der Waals surface area (Å²) in [5.74, 6) is -0.947. The van der Waals surface area contributed by atoms with Gasteiger partial charge in [-0.1, -0.05) is 36.4 Å². The van der Waals surface area contributed by atoms with Crippen LogP contribution in [0.25, 0.3) is 0 Å². The maximum absolute atomic E-state index is 13.6. The molecule has 1 saturated carbocycles. The zero-order valence-electron chi connectivity index (χ0n) is 20.3. The van der Waals surface area contributed by atoms with Crippen LogP contribution < -0.4 is 10.6 Å². The van der Waals surface area contributed by atoms with Crippen molar-refractivity contribution in [3.8, 4) is 5.75 Å². The van der Waals surface area contributed by atoms with Gasteiger partial charge in [-0.2, -0.15) is 0 Å². The Balaban J connectivity index is 1.90. The normalized spacial score (nSPS) is 14.1.